The number of fused-ring (bicyclic) bond motifs is 3. The molecule has 0 spiro atoms. The van der Waals surface area contributed by atoms with E-state index >= 15 is 0 Å². The molecule has 80 valence electrons. The number of hydrogen-bond donors (Lipinski definition) is 1. The van der Waals surface area contributed by atoms with Crippen LogP contribution in [0, 0.1) is 11.7 Å². The summed E-state index contributed by atoms with van der Waals surface area (Å²) in [6.07, 6.45) is 1.06. The first-order chi connectivity index (χ1) is 7.34. The van der Waals surface area contributed by atoms with Gasteiger partial charge in [-0.05, 0) is 37.1 Å². The Labute approximate surface area is 88.4 Å². The lowest BCUT2D eigenvalue weighted by atomic mass is 9.87. The van der Waals surface area contributed by atoms with Gasteiger partial charge in [0.1, 0.15) is 11.6 Å². The minimum absolute atomic E-state index is 0.162. The van der Waals surface area contributed by atoms with Crippen molar-refractivity contribution in [1.29, 1.82) is 0 Å². The summed E-state index contributed by atoms with van der Waals surface area (Å²) >= 11 is 0. The molecule has 2 aliphatic heterocycles. The second-order valence-corrected chi connectivity index (χ2v) is 4.34. The van der Waals surface area contributed by atoms with Crippen molar-refractivity contribution < 1.29 is 9.13 Å². The molecule has 2 aliphatic rings. The Balaban J connectivity index is 2.06. The molecule has 0 aromatic heterocycles. The van der Waals surface area contributed by atoms with Crippen LogP contribution in [0.5, 0.6) is 5.75 Å². The van der Waals surface area contributed by atoms with Crippen LogP contribution < -0.4 is 10.1 Å². The second-order valence-electron chi connectivity index (χ2n) is 4.34. The molecule has 2 nitrogen and oxygen atoms in total. The molecule has 1 aromatic carbocycles. The molecule has 1 N–H and O–H groups in total. The van der Waals surface area contributed by atoms with Gasteiger partial charge in [0.15, 0.2) is 0 Å². The Morgan fingerprint density at radius 3 is 3.20 bits per heavy atom. The normalized spacial score (nSPS) is 28.9. The van der Waals surface area contributed by atoms with E-state index in [1.54, 1.807) is 12.1 Å². The van der Waals surface area contributed by atoms with Gasteiger partial charge in [-0.2, -0.15) is 0 Å². The van der Waals surface area contributed by atoms with Crippen LogP contribution in [0.4, 0.5) is 4.39 Å². The van der Waals surface area contributed by atoms with Gasteiger partial charge in [0.05, 0.1) is 6.61 Å². The van der Waals surface area contributed by atoms with Gasteiger partial charge < -0.3 is 10.1 Å². The Hall–Kier alpha value is -1.09. The van der Waals surface area contributed by atoms with Gasteiger partial charge in [0, 0.05) is 18.0 Å². The summed E-state index contributed by atoms with van der Waals surface area (Å²) in [6.45, 7) is 2.73. The maximum atomic E-state index is 13.2. The predicted octanol–water partition coefficient (Wildman–Crippen LogP) is 1.91. The topological polar surface area (TPSA) is 21.3 Å². The van der Waals surface area contributed by atoms with Crippen LogP contribution in [0.25, 0.3) is 0 Å². The first-order valence-electron chi connectivity index (χ1n) is 5.47. The Kier molecular flexibility index (Phi) is 2.13. The Morgan fingerprint density at radius 2 is 2.27 bits per heavy atom. The highest BCUT2D eigenvalue weighted by Crippen LogP contribution is 2.38. The molecular formula is C12H14FNO. The Bertz CT molecular complexity index is 380. The van der Waals surface area contributed by atoms with Crippen LogP contribution in [-0.4, -0.2) is 19.7 Å². The second kappa shape index (κ2) is 3.49. The van der Waals surface area contributed by atoms with Crippen LogP contribution in [0.2, 0.25) is 0 Å². The van der Waals surface area contributed by atoms with Crippen LogP contribution in [-0.2, 0) is 0 Å². The molecule has 0 unspecified atom stereocenters. The molecule has 1 aromatic rings. The van der Waals surface area contributed by atoms with Gasteiger partial charge in [-0.15, -0.1) is 0 Å². The van der Waals surface area contributed by atoms with Crippen molar-refractivity contribution in [2.75, 3.05) is 19.7 Å². The number of hydrogen-bond acceptors (Lipinski definition) is 2. The van der Waals surface area contributed by atoms with Crippen LogP contribution in [0.15, 0.2) is 18.2 Å². The highest BCUT2D eigenvalue weighted by molar-refractivity contribution is 5.39. The predicted molar refractivity (Wildman–Crippen MR) is 55.6 cm³/mol. The minimum atomic E-state index is -0.162. The fourth-order valence-electron chi connectivity index (χ4n) is 2.66. The zero-order valence-electron chi connectivity index (χ0n) is 8.50. The summed E-state index contributed by atoms with van der Waals surface area (Å²) in [4.78, 5) is 0. The first-order valence-corrected chi connectivity index (χ1v) is 5.47. The maximum absolute atomic E-state index is 13.2. The number of halogens is 1. The molecule has 3 rings (SSSR count). The third-order valence-electron chi connectivity index (χ3n) is 3.46. The smallest absolute Gasteiger partial charge is 0.123 e. The third kappa shape index (κ3) is 1.51. The summed E-state index contributed by atoms with van der Waals surface area (Å²) in [7, 11) is 0. The monoisotopic (exact) mass is 207 g/mol. The van der Waals surface area contributed by atoms with E-state index in [9.17, 15) is 4.39 Å². The van der Waals surface area contributed by atoms with E-state index in [1.165, 1.54) is 6.07 Å². The minimum Gasteiger partial charge on any atom is -0.493 e. The lowest BCUT2D eigenvalue weighted by molar-refractivity contribution is 0.296. The van der Waals surface area contributed by atoms with Crippen LogP contribution in [0.3, 0.4) is 0 Å². The quantitative estimate of drug-likeness (QED) is 0.701. The van der Waals surface area contributed by atoms with Crippen molar-refractivity contribution in [2.24, 2.45) is 5.92 Å². The van der Waals surface area contributed by atoms with E-state index in [4.69, 9.17) is 4.74 Å². The van der Waals surface area contributed by atoms with E-state index in [2.05, 4.69) is 5.32 Å². The molecular weight excluding hydrogens is 193 g/mol. The molecule has 0 amide bonds. The van der Waals surface area contributed by atoms with Crippen molar-refractivity contribution in [3.63, 3.8) is 0 Å². The van der Waals surface area contributed by atoms with Crippen molar-refractivity contribution in [1.82, 2.24) is 5.32 Å². The summed E-state index contributed by atoms with van der Waals surface area (Å²) in [5.41, 5.74) is 1.04. The fourth-order valence-corrected chi connectivity index (χ4v) is 2.66. The molecule has 1 saturated heterocycles. The zero-order chi connectivity index (χ0) is 10.3. The highest BCUT2D eigenvalue weighted by Gasteiger charge is 2.32. The molecule has 0 radical (unpaired) electrons. The average molecular weight is 207 g/mol. The van der Waals surface area contributed by atoms with E-state index in [0.717, 1.165) is 37.4 Å². The molecule has 3 heteroatoms. The fraction of sp³-hybridized carbons (Fsp3) is 0.500. The summed E-state index contributed by atoms with van der Waals surface area (Å²) in [6, 6.07) is 4.86. The van der Waals surface area contributed by atoms with E-state index < -0.39 is 0 Å². The van der Waals surface area contributed by atoms with E-state index in [0.29, 0.717) is 11.8 Å². The molecule has 0 saturated carbocycles. The highest BCUT2D eigenvalue weighted by atomic mass is 19.1. The van der Waals surface area contributed by atoms with Gasteiger partial charge in [0.2, 0.25) is 0 Å². The summed E-state index contributed by atoms with van der Waals surface area (Å²) in [5.74, 6) is 1.74. The molecule has 15 heavy (non-hydrogen) atoms. The largest absolute Gasteiger partial charge is 0.493 e. The van der Waals surface area contributed by atoms with E-state index in [-0.39, 0.29) is 5.82 Å². The van der Waals surface area contributed by atoms with Crippen LogP contribution >= 0.6 is 0 Å². The SMILES string of the molecule is Fc1ccc2c(c1)[C@@H]1CNC[C@H]1CCO2. The van der Waals surface area contributed by atoms with Gasteiger partial charge in [-0.1, -0.05) is 0 Å². The van der Waals surface area contributed by atoms with Gasteiger partial charge in [-0.3, -0.25) is 0 Å². The summed E-state index contributed by atoms with van der Waals surface area (Å²) < 4.78 is 18.9. The molecule has 1 fully saturated rings. The van der Waals surface area contributed by atoms with Gasteiger partial charge in [-0.25, -0.2) is 4.39 Å². The van der Waals surface area contributed by atoms with Gasteiger partial charge in [0.25, 0.3) is 0 Å². The molecule has 2 heterocycles. The number of rotatable bonds is 0. The number of nitrogens with one attached hydrogen (secondary N) is 1. The van der Waals surface area contributed by atoms with Gasteiger partial charge >= 0.3 is 0 Å². The first kappa shape index (κ1) is 9.16. The van der Waals surface area contributed by atoms with Crippen molar-refractivity contribution in [3.05, 3.63) is 29.6 Å². The molecule has 2 atom stereocenters. The molecule has 0 aliphatic carbocycles. The Morgan fingerprint density at radius 1 is 1.33 bits per heavy atom. The average Bonchev–Trinajstić information content (AvgIpc) is 2.62. The maximum Gasteiger partial charge on any atom is 0.123 e. The summed E-state index contributed by atoms with van der Waals surface area (Å²) in [5, 5.41) is 3.37. The number of ether oxygens (including phenoxy) is 1. The molecule has 0 bridgehead atoms. The van der Waals surface area contributed by atoms with Crippen molar-refractivity contribution >= 4 is 0 Å². The van der Waals surface area contributed by atoms with E-state index in [1.807, 2.05) is 0 Å². The zero-order valence-corrected chi connectivity index (χ0v) is 8.50. The van der Waals surface area contributed by atoms with Crippen LogP contribution in [0.1, 0.15) is 17.9 Å². The third-order valence-corrected chi connectivity index (χ3v) is 3.46. The number of benzene rings is 1. The van der Waals surface area contributed by atoms with Crippen molar-refractivity contribution in [2.45, 2.75) is 12.3 Å². The van der Waals surface area contributed by atoms with Crippen molar-refractivity contribution in [3.8, 4) is 5.75 Å². The lowest BCUT2D eigenvalue weighted by Gasteiger charge is -2.15. The standard InChI is InChI=1S/C12H14FNO/c13-9-1-2-12-10(5-9)11-7-14-6-8(11)3-4-15-12/h1-2,5,8,11,14H,3-4,6-7H2/t8-,11-/m1/s1. The lowest BCUT2D eigenvalue weighted by Crippen LogP contribution is -2.11.